The average Bonchev–Trinajstić information content (AvgIpc) is 2.98. The summed E-state index contributed by atoms with van der Waals surface area (Å²) in [7, 11) is 3.41. The summed E-state index contributed by atoms with van der Waals surface area (Å²) < 4.78 is 5.31. The van der Waals surface area contributed by atoms with Crippen LogP contribution in [0.5, 0.6) is 5.88 Å². The van der Waals surface area contributed by atoms with Crippen molar-refractivity contribution < 1.29 is 9.53 Å². The largest absolute Gasteiger partial charge is 0.480 e. The number of carbonyl (C=O) groups is 1. The first kappa shape index (κ1) is 20.4. The number of ether oxygens (including phenoxy) is 1. The van der Waals surface area contributed by atoms with E-state index < -0.39 is 0 Å². The molecule has 0 spiro atoms. The number of halogens is 1. The van der Waals surface area contributed by atoms with Gasteiger partial charge in [-0.15, -0.1) is 0 Å². The van der Waals surface area contributed by atoms with E-state index in [0.29, 0.717) is 17.3 Å². The van der Waals surface area contributed by atoms with Crippen LogP contribution in [0.25, 0.3) is 5.57 Å². The Morgan fingerprint density at radius 1 is 1.21 bits per heavy atom. The van der Waals surface area contributed by atoms with Gasteiger partial charge in [-0.1, -0.05) is 62.7 Å². The molecule has 3 rings (SSSR count). The van der Waals surface area contributed by atoms with Crippen molar-refractivity contribution in [3.63, 3.8) is 0 Å². The van der Waals surface area contributed by atoms with Crippen LogP contribution >= 0.6 is 11.6 Å². The van der Waals surface area contributed by atoms with Crippen LogP contribution in [-0.4, -0.2) is 36.0 Å². The number of amides is 1. The molecule has 0 saturated carbocycles. The van der Waals surface area contributed by atoms with E-state index in [-0.39, 0.29) is 17.4 Å². The quantitative estimate of drug-likeness (QED) is 0.720. The van der Waals surface area contributed by atoms with Crippen LogP contribution in [0.15, 0.2) is 42.5 Å². The molecule has 0 aliphatic carbocycles. The Morgan fingerprint density at radius 3 is 2.43 bits per heavy atom. The molecule has 2 heterocycles. The maximum Gasteiger partial charge on any atom is 0.232 e. The third-order valence-corrected chi connectivity index (χ3v) is 5.54. The van der Waals surface area contributed by atoms with E-state index in [1.807, 2.05) is 13.1 Å². The van der Waals surface area contributed by atoms with Crippen molar-refractivity contribution >= 4 is 23.1 Å². The first-order valence-corrected chi connectivity index (χ1v) is 9.88. The number of likely N-dealkylation sites (N-methyl/N-ethyl adjacent to an activating group) is 1. The molecule has 28 heavy (non-hydrogen) atoms. The van der Waals surface area contributed by atoms with Gasteiger partial charge in [0.1, 0.15) is 5.02 Å². The summed E-state index contributed by atoms with van der Waals surface area (Å²) >= 11 is 6.17. The van der Waals surface area contributed by atoms with E-state index >= 15 is 0 Å². The summed E-state index contributed by atoms with van der Waals surface area (Å²) in [6, 6.07) is 12.3. The molecule has 1 aromatic carbocycles. The van der Waals surface area contributed by atoms with Gasteiger partial charge in [0.25, 0.3) is 0 Å². The van der Waals surface area contributed by atoms with Gasteiger partial charge >= 0.3 is 0 Å². The second kappa shape index (κ2) is 7.96. The van der Waals surface area contributed by atoms with Crippen molar-refractivity contribution in [3.05, 3.63) is 64.3 Å². The van der Waals surface area contributed by atoms with Crippen LogP contribution in [0.1, 0.15) is 50.4 Å². The molecular weight excluding hydrogens is 372 g/mol. The molecule has 4 nitrogen and oxygen atoms in total. The molecule has 1 aromatic heterocycles. The highest BCUT2D eigenvalue weighted by Gasteiger charge is 2.27. The lowest BCUT2D eigenvalue weighted by Crippen LogP contribution is -2.27. The standard InChI is InChI=1S/C23H27ClN2O2/c1-23(2,3)16-8-6-15(7-9-16)18(14-17-10-13-21(27)26(17)4)20-12-11-19(24)22(25-20)28-5/h6-9,11-12,14,17H,10,13H2,1-5H3/t17-/m1/s1. The smallest absolute Gasteiger partial charge is 0.232 e. The third kappa shape index (κ3) is 4.22. The summed E-state index contributed by atoms with van der Waals surface area (Å²) in [6.07, 6.45) is 3.52. The number of pyridine rings is 1. The lowest BCUT2D eigenvalue weighted by atomic mass is 9.86. The second-order valence-corrected chi connectivity index (χ2v) is 8.61. The van der Waals surface area contributed by atoms with E-state index in [2.05, 4.69) is 56.1 Å². The summed E-state index contributed by atoms with van der Waals surface area (Å²) in [6.45, 7) is 6.59. The van der Waals surface area contributed by atoms with E-state index in [4.69, 9.17) is 16.3 Å². The third-order valence-electron chi connectivity index (χ3n) is 5.25. The van der Waals surface area contributed by atoms with Gasteiger partial charge in [-0.3, -0.25) is 4.79 Å². The topological polar surface area (TPSA) is 42.4 Å². The fraction of sp³-hybridized carbons (Fsp3) is 0.391. The molecule has 0 bridgehead atoms. The van der Waals surface area contributed by atoms with Crippen molar-refractivity contribution in [2.45, 2.75) is 45.1 Å². The normalized spacial score (nSPS) is 17.9. The summed E-state index contributed by atoms with van der Waals surface area (Å²) in [5, 5.41) is 0.474. The predicted molar refractivity (Wildman–Crippen MR) is 114 cm³/mol. The summed E-state index contributed by atoms with van der Waals surface area (Å²) in [5.74, 6) is 0.567. The Morgan fingerprint density at radius 2 is 1.89 bits per heavy atom. The molecule has 1 amide bonds. The molecule has 0 unspecified atom stereocenters. The van der Waals surface area contributed by atoms with Crippen LogP contribution < -0.4 is 4.74 Å². The first-order chi connectivity index (χ1) is 13.2. The number of carbonyl (C=O) groups excluding carboxylic acids is 1. The maximum atomic E-state index is 12.0. The molecule has 1 fully saturated rings. The number of likely N-dealkylation sites (tertiary alicyclic amines) is 1. The highest BCUT2D eigenvalue weighted by molar-refractivity contribution is 6.31. The van der Waals surface area contributed by atoms with Gasteiger partial charge in [0.15, 0.2) is 0 Å². The fourth-order valence-corrected chi connectivity index (χ4v) is 3.59. The zero-order valence-electron chi connectivity index (χ0n) is 17.1. The van der Waals surface area contributed by atoms with Gasteiger partial charge in [0.2, 0.25) is 11.8 Å². The Kier molecular flexibility index (Phi) is 5.80. The van der Waals surface area contributed by atoms with Crippen molar-refractivity contribution in [3.8, 4) is 5.88 Å². The van der Waals surface area contributed by atoms with Gasteiger partial charge in [-0.05, 0) is 35.1 Å². The monoisotopic (exact) mass is 398 g/mol. The average molecular weight is 399 g/mol. The van der Waals surface area contributed by atoms with E-state index in [0.717, 1.165) is 23.3 Å². The highest BCUT2D eigenvalue weighted by Crippen LogP contribution is 2.32. The molecule has 148 valence electrons. The maximum absolute atomic E-state index is 12.0. The van der Waals surface area contributed by atoms with E-state index in [1.54, 1.807) is 18.1 Å². The van der Waals surface area contributed by atoms with Crippen LogP contribution in [-0.2, 0) is 10.2 Å². The van der Waals surface area contributed by atoms with Gasteiger partial charge in [-0.2, -0.15) is 0 Å². The highest BCUT2D eigenvalue weighted by atomic mass is 35.5. The molecule has 1 saturated heterocycles. The molecule has 1 aliphatic heterocycles. The molecule has 1 atom stereocenters. The minimum Gasteiger partial charge on any atom is -0.480 e. The van der Waals surface area contributed by atoms with E-state index in [9.17, 15) is 4.79 Å². The zero-order valence-corrected chi connectivity index (χ0v) is 17.9. The molecule has 2 aromatic rings. The number of hydrogen-bond donors (Lipinski definition) is 0. The number of rotatable bonds is 4. The van der Waals surface area contributed by atoms with Crippen molar-refractivity contribution in [1.82, 2.24) is 9.88 Å². The first-order valence-electron chi connectivity index (χ1n) is 9.50. The van der Waals surface area contributed by atoms with Crippen LogP contribution in [0.4, 0.5) is 0 Å². The molecule has 0 N–H and O–H groups in total. The van der Waals surface area contributed by atoms with Gasteiger partial charge in [-0.25, -0.2) is 4.98 Å². The number of hydrogen-bond acceptors (Lipinski definition) is 3. The minimum atomic E-state index is 0.0493. The number of benzene rings is 1. The molecule has 5 heteroatoms. The number of methoxy groups -OCH3 is 1. The minimum absolute atomic E-state index is 0.0493. The SMILES string of the molecule is COc1nc(C(=C[C@H]2CCC(=O)N2C)c2ccc(C(C)(C)C)cc2)ccc1Cl. The fourth-order valence-electron chi connectivity index (χ4n) is 3.41. The Labute approximate surface area is 172 Å². The summed E-state index contributed by atoms with van der Waals surface area (Å²) in [4.78, 5) is 18.4. The Balaban J connectivity index is 2.08. The van der Waals surface area contributed by atoms with Crippen LogP contribution in [0.3, 0.4) is 0 Å². The predicted octanol–water partition coefficient (Wildman–Crippen LogP) is 5.09. The van der Waals surface area contributed by atoms with Gasteiger partial charge in [0.05, 0.1) is 18.8 Å². The lowest BCUT2D eigenvalue weighted by Gasteiger charge is -2.21. The van der Waals surface area contributed by atoms with Gasteiger partial charge < -0.3 is 9.64 Å². The number of nitrogens with zero attached hydrogens (tertiary/aromatic N) is 2. The van der Waals surface area contributed by atoms with Crippen LogP contribution in [0.2, 0.25) is 5.02 Å². The molecular formula is C23H27ClN2O2. The molecule has 1 aliphatic rings. The Bertz CT molecular complexity index is 898. The number of aromatic nitrogens is 1. The lowest BCUT2D eigenvalue weighted by molar-refractivity contribution is -0.127. The molecule has 0 radical (unpaired) electrons. The Hall–Kier alpha value is -2.33. The van der Waals surface area contributed by atoms with Crippen molar-refractivity contribution in [1.29, 1.82) is 0 Å². The zero-order chi connectivity index (χ0) is 20.5. The van der Waals surface area contributed by atoms with Crippen molar-refractivity contribution in [2.24, 2.45) is 0 Å². The van der Waals surface area contributed by atoms with Crippen molar-refractivity contribution in [2.75, 3.05) is 14.2 Å². The van der Waals surface area contributed by atoms with E-state index in [1.165, 1.54) is 5.56 Å². The van der Waals surface area contributed by atoms with Crippen LogP contribution in [0, 0.1) is 0 Å². The van der Waals surface area contributed by atoms with Gasteiger partial charge in [0, 0.05) is 19.0 Å². The summed E-state index contributed by atoms with van der Waals surface area (Å²) in [5.41, 5.74) is 4.16. The second-order valence-electron chi connectivity index (χ2n) is 8.21.